The van der Waals surface area contributed by atoms with Crippen molar-refractivity contribution in [3.63, 3.8) is 0 Å². The minimum Gasteiger partial charge on any atom is -0.356 e. The largest absolute Gasteiger partial charge is 2.00 e. The molecule has 0 unspecified atom stereocenters. The summed E-state index contributed by atoms with van der Waals surface area (Å²) < 4.78 is 2.49. The molecule has 0 fully saturated rings. The van der Waals surface area contributed by atoms with Crippen molar-refractivity contribution in [1.29, 1.82) is 0 Å². The van der Waals surface area contributed by atoms with Gasteiger partial charge in [0, 0.05) is 11.4 Å². The summed E-state index contributed by atoms with van der Waals surface area (Å²) in [6, 6.07) is 1.49. The number of hydrogen-bond acceptors (Lipinski definition) is 8. The Kier molecular flexibility index (Phi) is 16.1. The van der Waals surface area contributed by atoms with Gasteiger partial charge in [-0.1, -0.05) is 11.5 Å². The molecule has 1 rings (SSSR count). The summed E-state index contributed by atoms with van der Waals surface area (Å²) in [5.74, 6) is 0. The Bertz CT molecular complexity index is 287. The van der Waals surface area contributed by atoms with E-state index < -0.39 is 10.2 Å². The van der Waals surface area contributed by atoms with Crippen LogP contribution in [0.4, 0.5) is 0 Å². The SMILES string of the molecule is O=[N+]([O-])[O-].O=[N+]([O-])[O-].O=c1ccs[nH]1.[Mg+2]. The zero-order chi connectivity index (χ0) is 11.6. The number of aromatic nitrogens is 1. The van der Waals surface area contributed by atoms with Crippen LogP contribution in [-0.4, -0.2) is 37.6 Å². The number of H-pyrrole nitrogens is 1. The zero-order valence-electron chi connectivity index (χ0n) is 7.02. The van der Waals surface area contributed by atoms with E-state index in [1.807, 2.05) is 0 Å². The number of aromatic amines is 1. The smallest absolute Gasteiger partial charge is 0.356 e. The molecule has 1 aromatic rings. The Balaban J connectivity index is -0.000000145. The molecule has 0 saturated heterocycles. The first-order valence-electron chi connectivity index (χ1n) is 2.61. The van der Waals surface area contributed by atoms with Crippen LogP contribution in [0.1, 0.15) is 0 Å². The van der Waals surface area contributed by atoms with E-state index in [2.05, 4.69) is 4.37 Å². The maximum Gasteiger partial charge on any atom is 2.00 e. The summed E-state index contributed by atoms with van der Waals surface area (Å²) in [7, 11) is 0. The van der Waals surface area contributed by atoms with Gasteiger partial charge >= 0.3 is 23.1 Å². The Morgan fingerprint density at radius 1 is 1.13 bits per heavy atom. The number of rotatable bonds is 0. The molecule has 0 radical (unpaired) electrons. The molecule has 0 bridgehead atoms. The molecule has 0 aliphatic carbocycles. The summed E-state index contributed by atoms with van der Waals surface area (Å²) in [5, 5.41) is 31.2. The van der Waals surface area contributed by atoms with Crippen molar-refractivity contribution >= 4 is 34.6 Å². The van der Waals surface area contributed by atoms with Gasteiger partial charge in [-0.05, 0) is 0 Å². The van der Waals surface area contributed by atoms with E-state index in [0.29, 0.717) is 0 Å². The predicted octanol–water partition coefficient (Wildman–Crippen LogP) is -0.423. The van der Waals surface area contributed by atoms with Crippen LogP contribution >= 0.6 is 11.5 Å². The van der Waals surface area contributed by atoms with Crippen LogP contribution in [0.3, 0.4) is 0 Å². The zero-order valence-corrected chi connectivity index (χ0v) is 9.25. The van der Waals surface area contributed by atoms with Crippen LogP contribution in [-0.2, 0) is 0 Å². The Morgan fingerprint density at radius 3 is 1.53 bits per heavy atom. The molecular weight excluding hydrogens is 246 g/mol. The Morgan fingerprint density at radius 2 is 1.47 bits per heavy atom. The normalized spacial score (nSPS) is 6.67. The predicted molar refractivity (Wildman–Crippen MR) is 51.4 cm³/mol. The molecule has 0 aliphatic heterocycles. The van der Waals surface area contributed by atoms with Crippen molar-refractivity contribution in [2.75, 3.05) is 0 Å². The van der Waals surface area contributed by atoms with Gasteiger partial charge in [0.05, 0.1) is 10.2 Å². The Hall–Kier alpha value is -1.40. The molecule has 0 saturated carbocycles. The molecule has 80 valence electrons. The summed E-state index contributed by atoms with van der Waals surface area (Å²) in [4.78, 5) is 26.5. The van der Waals surface area contributed by atoms with E-state index in [-0.39, 0.29) is 28.6 Å². The number of nitrogens with one attached hydrogen (secondary N) is 1. The number of nitrogens with zero attached hydrogens (tertiary/aromatic N) is 2. The van der Waals surface area contributed by atoms with Crippen molar-refractivity contribution in [2.24, 2.45) is 0 Å². The van der Waals surface area contributed by atoms with E-state index in [0.717, 1.165) is 0 Å². The van der Waals surface area contributed by atoms with Crippen LogP contribution in [0.15, 0.2) is 16.2 Å². The molecule has 0 atom stereocenters. The van der Waals surface area contributed by atoms with Crippen LogP contribution in [0.25, 0.3) is 0 Å². The van der Waals surface area contributed by atoms with Crippen LogP contribution in [0, 0.1) is 30.6 Å². The molecule has 0 spiro atoms. The molecule has 0 amide bonds. The van der Waals surface area contributed by atoms with Crippen molar-refractivity contribution in [3.8, 4) is 0 Å². The standard InChI is InChI=1S/C3H3NOS.Mg.2NO3/c5-3-1-2-6-4-3;;2*2-1(3)4/h1-2H,(H,4,5);;;/q;+2;2*-1. The van der Waals surface area contributed by atoms with Gasteiger partial charge in [0.15, 0.2) is 0 Å². The van der Waals surface area contributed by atoms with Crippen LogP contribution in [0.2, 0.25) is 0 Å². The summed E-state index contributed by atoms with van der Waals surface area (Å²) in [6.45, 7) is 0. The molecule has 10 nitrogen and oxygen atoms in total. The van der Waals surface area contributed by atoms with Crippen molar-refractivity contribution < 1.29 is 10.2 Å². The van der Waals surface area contributed by atoms with Gasteiger partial charge in [-0.2, -0.15) is 0 Å². The van der Waals surface area contributed by atoms with E-state index >= 15 is 0 Å². The second kappa shape index (κ2) is 12.6. The second-order valence-corrected chi connectivity index (χ2v) is 2.05. The van der Waals surface area contributed by atoms with Crippen LogP contribution in [0.5, 0.6) is 0 Å². The molecule has 0 aromatic carbocycles. The van der Waals surface area contributed by atoms with Gasteiger partial charge in [-0.3, -0.25) is 9.17 Å². The van der Waals surface area contributed by atoms with Crippen molar-refractivity contribution in [2.45, 2.75) is 0 Å². The van der Waals surface area contributed by atoms with Gasteiger partial charge in [0.1, 0.15) is 0 Å². The van der Waals surface area contributed by atoms with E-state index in [4.69, 9.17) is 30.6 Å². The fourth-order valence-electron chi connectivity index (χ4n) is 0.222. The first-order valence-corrected chi connectivity index (χ1v) is 3.49. The van der Waals surface area contributed by atoms with Crippen molar-refractivity contribution in [3.05, 3.63) is 52.4 Å². The minimum atomic E-state index is -1.75. The average Bonchev–Trinajstić information content (AvgIpc) is 2.36. The summed E-state index contributed by atoms with van der Waals surface area (Å²) in [5.41, 5.74) is -0.0139. The fourth-order valence-corrected chi connectivity index (χ4v) is 0.666. The average molecular weight is 249 g/mol. The molecule has 0 aliphatic rings. The molecule has 12 heteroatoms. The summed E-state index contributed by atoms with van der Waals surface area (Å²) in [6.07, 6.45) is 0. The third-order valence-corrected chi connectivity index (χ3v) is 1.04. The van der Waals surface area contributed by atoms with E-state index in [1.165, 1.54) is 17.6 Å². The summed E-state index contributed by atoms with van der Waals surface area (Å²) >= 11 is 1.30. The first-order chi connectivity index (χ1) is 6.36. The fraction of sp³-hybridized carbons (Fsp3) is 0. The topological polar surface area (TPSA) is 165 Å². The van der Waals surface area contributed by atoms with Gasteiger partial charge in [0.2, 0.25) is 0 Å². The number of hydrogen-bond donors (Lipinski definition) is 1. The molecule has 1 heterocycles. The van der Waals surface area contributed by atoms with Gasteiger partial charge in [-0.25, -0.2) is 0 Å². The minimum absolute atomic E-state index is 0. The Labute approximate surface area is 102 Å². The van der Waals surface area contributed by atoms with E-state index in [1.54, 1.807) is 5.38 Å². The molecular formula is C3H3MgN3O7S. The van der Waals surface area contributed by atoms with E-state index in [9.17, 15) is 4.79 Å². The van der Waals surface area contributed by atoms with Crippen LogP contribution < -0.4 is 5.56 Å². The molecule has 15 heavy (non-hydrogen) atoms. The maximum atomic E-state index is 10.0. The third kappa shape index (κ3) is 45.2. The molecule has 1 N–H and O–H groups in total. The maximum absolute atomic E-state index is 10.0. The van der Waals surface area contributed by atoms with Gasteiger partial charge < -0.3 is 30.6 Å². The quantitative estimate of drug-likeness (QED) is 0.370. The second-order valence-electron chi connectivity index (χ2n) is 1.33. The monoisotopic (exact) mass is 249 g/mol. The molecule has 1 aromatic heterocycles. The van der Waals surface area contributed by atoms with Crippen molar-refractivity contribution in [1.82, 2.24) is 4.37 Å². The first kappa shape index (κ1) is 19.2. The third-order valence-electron chi connectivity index (χ3n) is 0.447. The van der Waals surface area contributed by atoms with Gasteiger partial charge in [-0.15, -0.1) is 0 Å². The van der Waals surface area contributed by atoms with Gasteiger partial charge in [0.25, 0.3) is 5.56 Å².